The van der Waals surface area contributed by atoms with Crippen LogP contribution in [-0.2, 0) is 0 Å². The predicted molar refractivity (Wildman–Crippen MR) is 111 cm³/mol. The molecule has 1 aliphatic heterocycles. The van der Waals surface area contributed by atoms with E-state index in [0.717, 1.165) is 44.2 Å². The van der Waals surface area contributed by atoms with Gasteiger partial charge in [0.25, 0.3) is 0 Å². The standard InChI is InChI=1S/C20H23N3S.ClH/c1-3-22-8-10-23(11-9-22)20-17-7-6-15(2)13-16(17)14-18(21-20)19-5-4-12-24-19;/h4-7,12-14H,3,8-11H2,1-2H3;1H. The summed E-state index contributed by atoms with van der Waals surface area (Å²) >= 11 is 1.76. The van der Waals surface area contributed by atoms with E-state index in [0.29, 0.717) is 0 Å². The van der Waals surface area contributed by atoms with Crippen LogP contribution in [0, 0.1) is 6.92 Å². The Hall–Kier alpha value is -1.62. The molecule has 25 heavy (non-hydrogen) atoms. The third-order valence-corrected chi connectivity index (χ3v) is 5.75. The Morgan fingerprint density at radius 3 is 2.56 bits per heavy atom. The zero-order valence-electron chi connectivity index (χ0n) is 14.7. The lowest BCUT2D eigenvalue weighted by atomic mass is 10.1. The fourth-order valence-corrected chi connectivity index (χ4v) is 4.11. The van der Waals surface area contributed by atoms with Gasteiger partial charge in [-0.2, -0.15) is 0 Å². The van der Waals surface area contributed by atoms with Crippen molar-refractivity contribution in [3.63, 3.8) is 0 Å². The largest absolute Gasteiger partial charge is 0.354 e. The highest BCUT2D eigenvalue weighted by Crippen LogP contribution is 2.32. The number of aryl methyl sites for hydroxylation is 1. The number of benzene rings is 1. The highest BCUT2D eigenvalue weighted by atomic mass is 35.5. The van der Waals surface area contributed by atoms with E-state index in [1.807, 2.05) is 0 Å². The average Bonchev–Trinajstić information content (AvgIpc) is 3.15. The molecule has 132 valence electrons. The second-order valence-corrected chi connectivity index (χ2v) is 7.40. The fraction of sp³-hybridized carbons (Fsp3) is 0.350. The number of hydrogen-bond donors (Lipinski definition) is 0. The maximum absolute atomic E-state index is 5.07. The summed E-state index contributed by atoms with van der Waals surface area (Å²) in [4.78, 5) is 11.3. The molecule has 5 heteroatoms. The van der Waals surface area contributed by atoms with Gasteiger partial charge in [0.1, 0.15) is 5.82 Å². The van der Waals surface area contributed by atoms with E-state index in [2.05, 4.69) is 65.4 Å². The summed E-state index contributed by atoms with van der Waals surface area (Å²) in [5.74, 6) is 1.15. The first-order valence-corrected chi connectivity index (χ1v) is 9.55. The number of likely N-dealkylation sites (N-methyl/N-ethyl adjacent to an activating group) is 1. The van der Waals surface area contributed by atoms with Crippen molar-refractivity contribution in [3.05, 3.63) is 47.3 Å². The summed E-state index contributed by atoms with van der Waals surface area (Å²) in [7, 11) is 0. The van der Waals surface area contributed by atoms with Gasteiger partial charge in [-0.15, -0.1) is 23.7 Å². The highest BCUT2D eigenvalue weighted by molar-refractivity contribution is 7.13. The molecule has 4 rings (SSSR count). The third kappa shape index (κ3) is 3.66. The Labute approximate surface area is 159 Å². The summed E-state index contributed by atoms with van der Waals surface area (Å²) in [6.45, 7) is 9.88. The van der Waals surface area contributed by atoms with Gasteiger partial charge in [-0.3, -0.25) is 0 Å². The molecule has 3 aromatic rings. The molecular weight excluding hydrogens is 350 g/mol. The maximum Gasteiger partial charge on any atom is 0.137 e. The average molecular weight is 374 g/mol. The molecule has 3 heterocycles. The van der Waals surface area contributed by atoms with Crippen LogP contribution in [-0.4, -0.2) is 42.6 Å². The van der Waals surface area contributed by atoms with Gasteiger partial charge in [0.05, 0.1) is 10.6 Å². The van der Waals surface area contributed by atoms with Crippen LogP contribution in [0.3, 0.4) is 0 Å². The van der Waals surface area contributed by atoms with Crippen LogP contribution in [0.1, 0.15) is 12.5 Å². The lowest BCUT2D eigenvalue weighted by Crippen LogP contribution is -2.46. The van der Waals surface area contributed by atoms with Gasteiger partial charge in [0.2, 0.25) is 0 Å². The summed E-state index contributed by atoms with van der Waals surface area (Å²) in [5.41, 5.74) is 2.39. The molecule has 0 spiro atoms. The minimum atomic E-state index is 0. The van der Waals surface area contributed by atoms with Gasteiger partial charge in [0.15, 0.2) is 0 Å². The Bertz CT molecular complexity index is 840. The van der Waals surface area contributed by atoms with Crippen molar-refractivity contribution in [2.24, 2.45) is 0 Å². The molecule has 0 unspecified atom stereocenters. The van der Waals surface area contributed by atoms with Gasteiger partial charge >= 0.3 is 0 Å². The number of hydrogen-bond acceptors (Lipinski definition) is 4. The first-order chi connectivity index (χ1) is 11.7. The maximum atomic E-state index is 5.07. The van der Waals surface area contributed by atoms with Crippen molar-refractivity contribution in [1.29, 1.82) is 0 Å². The van der Waals surface area contributed by atoms with Crippen molar-refractivity contribution < 1.29 is 0 Å². The quantitative estimate of drug-likeness (QED) is 0.655. The van der Waals surface area contributed by atoms with Crippen LogP contribution in [0.25, 0.3) is 21.3 Å². The van der Waals surface area contributed by atoms with E-state index >= 15 is 0 Å². The van der Waals surface area contributed by atoms with Crippen LogP contribution < -0.4 is 4.90 Å². The Balaban J connectivity index is 0.00000182. The minimum absolute atomic E-state index is 0. The lowest BCUT2D eigenvalue weighted by Gasteiger charge is -2.35. The van der Waals surface area contributed by atoms with E-state index in [-0.39, 0.29) is 12.4 Å². The normalized spacial score (nSPS) is 15.4. The number of pyridine rings is 1. The number of rotatable bonds is 3. The van der Waals surface area contributed by atoms with Crippen LogP contribution >= 0.6 is 23.7 Å². The minimum Gasteiger partial charge on any atom is -0.354 e. The van der Waals surface area contributed by atoms with Gasteiger partial charge in [-0.25, -0.2) is 4.98 Å². The number of fused-ring (bicyclic) bond motifs is 1. The molecule has 0 amide bonds. The van der Waals surface area contributed by atoms with E-state index in [9.17, 15) is 0 Å². The van der Waals surface area contributed by atoms with Crippen LogP contribution in [0.15, 0.2) is 41.8 Å². The first-order valence-electron chi connectivity index (χ1n) is 8.67. The zero-order valence-corrected chi connectivity index (χ0v) is 16.4. The molecule has 3 nitrogen and oxygen atoms in total. The smallest absolute Gasteiger partial charge is 0.137 e. The summed E-state index contributed by atoms with van der Waals surface area (Å²) in [6.07, 6.45) is 0. The zero-order chi connectivity index (χ0) is 16.5. The van der Waals surface area contributed by atoms with Crippen molar-refractivity contribution in [1.82, 2.24) is 9.88 Å². The number of halogens is 1. The number of thiophene rings is 1. The molecule has 0 saturated carbocycles. The summed E-state index contributed by atoms with van der Waals surface area (Å²) in [5, 5.41) is 4.68. The Morgan fingerprint density at radius 1 is 1.08 bits per heavy atom. The van der Waals surface area contributed by atoms with Crippen molar-refractivity contribution in [3.8, 4) is 10.6 Å². The van der Waals surface area contributed by atoms with E-state index in [4.69, 9.17) is 4.98 Å². The SMILES string of the molecule is CCN1CCN(c2nc(-c3cccs3)cc3cc(C)ccc23)CC1.Cl. The number of anilines is 1. The van der Waals surface area contributed by atoms with Gasteiger partial charge in [-0.05, 0) is 36.4 Å². The highest BCUT2D eigenvalue weighted by Gasteiger charge is 2.20. The molecule has 2 aromatic heterocycles. The third-order valence-electron chi connectivity index (χ3n) is 4.86. The number of aromatic nitrogens is 1. The van der Waals surface area contributed by atoms with Gasteiger partial charge < -0.3 is 9.80 Å². The molecular formula is C20H24ClN3S. The molecule has 1 aliphatic rings. The first kappa shape index (κ1) is 18.2. The molecule has 0 radical (unpaired) electrons. The molecule has 1 saturated heterocycles. The van der Waals surface area contributed by atoms with Gasteiger partial charge in [0, 0.05) is 31.6 Å². The number of piperazine rings is 1. The molecule has 0 N–H and O–H groups in total. The summed E-state index contributed by atoms with van der Waals surface area (Å²) < 4.78 is 0. The number of nitrogens with zero attached hydrogens (tertiary/aromatic N) is 3. The topological polar surface area (TPSA) is 19.4 Å². The predicted octanol–water partition coefficient (Wildman–Crippen LogP) is 4.84. The van der Waals surface area contributed by atoms with E-state index in [1.54, 1.807) is 11.3 Å². The van der Waals surface area contributed by atoms with E-state index in [1.165, 1.54) is 21.2 Å². The second kappa shape index (κ2) is 7.73. The Morgan fingerprint density at radius 2 is 1.88 bits per heavy atom. The summed E-state index contributed by atoms with van der Waals surface area (Å²) in [6, 6.07) is 13.2. The van der Waals surface area contributed by atoms with Crippen molar-refractivity contribution >= 4 is 40.3 Å². The van der Waals surface area contributed by atoms with Crippen molar-refractivity contribution in [2.45, 2.75) is 13.8 Å². The van der Waals surface area contributed by atoms with Gasteiger partial charge in [-0.1, -0.05) is 36.8 Å². The van der Waals surface area contributed by atoms with Crippen LogP contribution in [0.2, 0.25) is 0 Å². The molecule has 1 fully saturated rings. The molecule has 0 aliphatic carbocycles. The lowest BCUT2D eigenvalue weighted by molar-refractivity contribution is 0.271. The Kier molecular flexibility index (Phi) is 5.62. The fourth-order valence-electron chi connectivity index (χ4n) is 3.43. The van der Waals surface area contributed by atoms with Crippen LogP contribution in [0.5, 0.6) is 0 Å². The van der Waals surface area contributed by atoms with Crippen molar-refractivity contribution in [2.75, 3.05) is 37.6 Å². The second-order valence-electron chi connectivity index (χ2n) is 6.45. The van der Waals surface area contributed by atoms with E-state index < -0.39 is 0 Å². The van der Waals surface area contributed by atoms with Crippen LogP contribution in [0.4, 0.5) is 5.82 Å². The monoisotopic (exact) mass is 373 g/mol. The molecule has 0 atom stereocenters. The molecule has 0 bridgehead atoms. The molecule has 1 aromatic carbocycles.